The molecular weight excluding hydrogens is 352 g/mol. The van der Waals surface area contributed by atoms with E-state index in [0.29, 0.717) is 5.70 Å². The fourth-order valence-electron chi connectivity index (χ4n) is 2.46. The zero-order chi connectivity index (χ0) is 16.8. The zero-order valence-electron chi connectivity index (χ0n) is 13.9. The van der Waals surface area contributed by atoms with Crippen LogP contribution < -0.4 is 16.9 Å². The lowest BCUT2D eigenvalue weighted by Gasteiger charge is -2.24. The highest BCUT2D eigenvalue weighted by atomic mass is 79.9. The molecule has 5 N–H and O–H groups in total. The van der Waals surface area contributed by atoms with Gasteiger partial charge in [0, 0.05) is 23.6 Å². The number of hydrazine groups is 1. The third kappa shape index (κ3) is 5.37. The molecule has 0 spiro atoms. The topological polar surface area (TPSA) is 67.3 Å². The maximum atomic E-state index is 6.34. The molecule has 23 heavy (non-hydrogen) atoms. The molecule has 0 heterocycles. The van der Waals surface area contributed by atoms with E-state index in [1.807, 2.05) is 31.2 Å². The molecule has 1 aliphatic carbocycles. The second-order valence-electron chi connectivity index (χ2n) is 6.12. The van der Waals surface area contributed by atoms with Crippen molar-refractivity contribution in [2.45, 2.75) is 39.3 Å². The van der Waals surface area contributed by atoms with Crippen molar-refractivity contribution >= 4 is 15.9 Å². The second kappa shape index (κ2) is 8.52. The second-order valence-corrected chi connectivity index (χ2v) is 6.97. The third-order valence-corrected chi connectivity index (χ3v) is 5.22. The SMILES string of the molecule is C/C=C(\C(N)=C(\Br)C(C)NCc1ccccc1)N(N)CC1CC1. The van der Waals surface area contributed by atoms with E-state index < -0.39 is 0 Å². The largest absolute Gasteiger partial charge is 0.396 e. The summed E-state index contributed by atoms with van der Waals surface area (Å²) in [7, 11) is 0. The van der Waals surface area contributed by atoms with Gasteiger partial charge in [-0.3, -0.25) is 0 Å². The Balaban J connectivity index is 1.98. The standard InChI is InChI=1S/C18H27BrN4/c1-3-16(23(21)12-15-9-10-15)18(20)17(19)13(2)22-11-14-7-5-4-6-8-14/h3-8,13,15,22H,9-12,20-21H2,1-2H3/b16-3+,18-17-. The lowest BCUT2D eigenvalue weighted by atomic mass is 10.2. The average Bonchev–Trinajstić information content (AvgIpc) is 3.37. The van der Waals surface area contributed by atoms with Gasteiger partial charge >= 0.3 is 0 Å². The highest BCUT2D eigenvalue weighted by Gasteiger charge is 2.25. The van der Waals surface area contributed by atoms with Gasteiger partial charge < -0.3 is 16.1 Å². The van der Waals surface area contributed by atoms with Gasteiger partial charge in [-0.2, -0.15) is 0 Å². The molecule has 4 nitrogen and oxygen atoms in total. The quantitative estimate of drug-likeness (QED) is 0.369. The van der Waals surface area contributed by atoms with E-state index in [4.69, 9.17) is 11.6 Å². The summed E-state index contributed by atoms with van der Waals surface area (Å²) in [6.45, 7) is 5.72. The number of allylic oxidation sites excluding steroid dienone is 1. The number of halogens is 1. The normalized spacial score (nSPS) is 17.7. The van der Waals surface area contributed by atoms with Gasteiger partial charge in [-0.05, 0) is 38.2 Å². The summed E-state index contributed by atoms with van der Waals surface area (Å²) in [5, 5.41) is 5.26. The molecule has 1 atom stereocenters. The van der Waals surface area contributed by atoms with Crippen LogP contribution in [0.2, 0.25) is 0 Å². The van der Waals surface area contributed by atoms with E-state index in [0.717, 1.165) is 29.2 Å². The molecule has 0 bridgehead atoms. The molecule has 1 aliphatic rings. The van der Waals surface area contributed by atoms with Crippen LogP contribution >= 0.6 is 15.9 Å². The van der Waals surface area contributed by atoms with Crippen molar-refractivity contribution in [1.82, 2.24) is 10.3 Å². The minimum absolute atomic E-state index is 0.111. The van der Waals surface area contributed by atoms with Gasteiger partial charge in [0.2, 0.25) is 0 Å². The Morgan fingerprint density at radius 2 is 2.04 bits per heavy atom. The molecule has 0 radical (unpaired) electrons. The van der Waals surface area contributed by atoms with E-state index in [9.17, 15) is 0 Å². The van der Waals surface area contributed by atoms with E-state index >= 15 is 0 Å². The Labute approximate surface area is 147 Å². The van der Waals surface area contributed by atoms with Crippen LogP contribution in [0.15, 0.2) is 52.3 Å². The first-order valence-corrected chi connectivity index (χ1v) is 8.93. The van der Waals surface area contributed by atoms with Gasteiger partial charge in [-0.25, -0.2) is 5.84 Å². The first-order valence-electron chi connectivity index (χ1n) is 8.14. The number of nitrogens with one attached hydrogen (secondary N) is 1. The van der Waals surface area contributed by atoms with Crippen LogP contribution in [0.3, 0.4) is 0 Å². The van der Waals surface area contributed by atoms with Crippen molar-refractivity contribution < 1.29 is 0 Å². The minimum Gasteiger partial charge on any atom is -0.396 e. The fraction of sp³-hybridized carbons (Fsp3) is 0.444. The van der Waals surface area contributed by atoms with Gasteiger partial charge in [-0.1, -0.05) is 52.3 Å². The van der Waals surface area contributed by atoms with Crippen LogP contribution in [0.5, 0.6) is 0 Å². The molecule has 1 aromatic carbocycles. The highest BCUT2D eigenvalue weighted by Crippen LogP contribution is 2.31. The van der Waals surface area contributed by atoms with Crippen LogP contribution in [-0.2, 0) is 6.54 Å². The van der Waals surface area contributed by atoms with E-state index in [1.165, 1.54) is 18.4 Å². The molecule has 1 unspecified atom stereocenters. The summed E-state index contributed by atoms with van der Waals surface area (Å²) >= 11 is 3.64. The van der Waals surface area contributed by atoms with Crippen LogP contribution in [0, 0.1) is 5.92 Å². The molecule has 0 amide bonds. The molecule has 0 aromatic heterocycles. The first-order chi connectivity index (χ1) is 11.0. The predicted molar refractivity (Wildman–Crippen MR) is 100 cm³/mol. The zero-order valence-corrected chi connectivity index (χ0v) is 15.5. The molecule has 5 heteroatoms. The van der Waals surface area contributed by atoms with Crippen molar-refractivity contribution in [3.8, 4) is 0 Å². The number of benzene rings is 1. The van der Waals surface area contributed by atoms with Gasteiger partial charge in [0.1, 0.15) is 0 Å². The maximum absolute atomic E-state index is 6.34. The molecule has 0 saturated heterocycles. The van der Waals surface area contributed by atoms with Crippen LogP contribution in [0.4, 0.5) is 0 Å². The molecule has 2 rings (SSSR count). The summed E-state index contributed by atoms with van der Waals surface area (Å²) in [6, 6.07) is 10.4. The minimum atomic E-state index is 0.111. The average molecular weight is 379 g/mol. The monoisotopic (exact) mass is 378 g/mol. The molecule has 1 fully saturated rings. The lowest BCUT2D eigenvalue weighted by Crippen LogP contribution is -2.36. The Bertz CT molecular complexity index is 564. The van der Waals surface area contributed by atoms with Gasteiger partial charge in [-0.15, -0.1) is 0 Å². The Morgan fingerprint density at radius 1 is 1.39 bits per heavy atom. The van der Waals surface area contributed by atoms with Crippen LogP contribution in [0.25, 0.3) is 0 Å². The Kier molecular flexibility index (Phi) is 6.69. The Hall–Kier alpha value is -1.30. The van der Waals surface area contributed by atoms with E-state index in [1.54, 1.807) is 5.01 Å². The first kappa shape index (κ1) is 18.0. The summed E-state index contributed by atoms with van der Waals surface area (Å²) in [5.74, 6) is 6.90. The summed E-state index contributed by atoms with van der Waals surface area (Å²) in [6.07, 6.45) is 4.51. The van der Waals surface area contributed by atoms with Crippen LogP contribution in [0.1, 0.15) is 32.3 Å². The summed E-state index contributed by atoms with van der Waals surface area (Å²) in [5.41, 5.74) is 9.17. The third-order valence-electron chi connectivity index (χ3n) is 4.10. The fourth-order valence-corrected chi connectivity index (χ4v) is 2.83. The Morgan fingerprint density at radius 3 is 2.61 bits per heavy atom. The van der Waals surface area contributed by atoms with Gasteiger partial charge in [0.05, 0.1) is 11.4 Å². The molecular formula is C18H27BrN4. The van der Waals surface area contributed by atoms with Crippen molar-refractivity contribution in [1.29, 1.82) is 0 Å². The van der Waals surface area contributed by atoms with E-state index in [2.05, 4.69) is 40.3 Å². The maximum Gasteiger partial charge on any atom is 0.0712 e. The van der Waals surface area contributed by atoms with E-state index in [-0.39, 0.29) is 6.04 Å². The van der Waals surface area contributed by atoms with Crippen LogP contribution in [-0.4, -0.2) is 17.6 Å². The predicted octanol–water partition coefficient (Wildman–Crippen LogP) is 3.22. The number of rotatable bonds is 8. The lowest BCUT2D eigenvalue weighted by molar-refractivity contribution is 0.347. The molecule has 1 saturated carbocycles. The number of hydrogen-bond donors (Lipinski definition) is 3. The number of nitrogens with two attached hydrogens (primary N) is 2. The smallest absolute Gasteiger partial charge is 0.0712 e. The van der Waals surface area contributed by atoms with Gasteiger partial charge in [0.15, 0.2) is 0 Å². The number of hydrogen-bond acceptors (Lipinski definition) is 4. The van der Waals surface area contributed by atoms with Crippen molar-refractivity contribution in [2.24, 2.45) is 17.5 Å². The van der Waals surface area contributed by atoms with Crippen molar-refractivity contribution in [3.05, 3.63) is 57.8 Å². The number of nitrogens with zero attached hydrogens (tertiary/aromatic N) is 1. The molecule has 1 aromatic rings. The summed E-state index contributed by atoms with van der Waals surface area (Å²) in [4.78, 5) is 0. The molecule has 126 valence electrons. The highest BCUT2D eigenvalue weighted by molar-refractivity contribution is 9.11. The van der Waals surface area contributed by atoms with Gasteiger partial charge in [0.25, 0.3) is 0 Å². The summed E-state index contributed by atoms with van der Waals surface area (Å²) < 4.78 is 0.938. The van der Waals surface area contributed by atoms with Crippen molar-refractivity contribution in [2.75, 3.05) is 6.54 Å². The van der Waals surface area contributed by atoms with Crippen molar-refractivity contribution in [3.63, 3.8) is 0 Å². The molecule has 0 aliphatic heterocycles.